The normalized spacial score (nSPS) is 25.1. The van der Waals surface area contributed by atoms with Crippen LogP contribution in [0.15, 0.2) is 24.3 Å². The molecule has 0 aliphatic carbocycles. The molecule has 0 aromatic heterocycles. The first kappa shape index (κ1) is 13.4. The van der Waals surface area contributed by atoms with Gasteiger partial charge in [0.15, 0.2) is 0 Å². The van der Waals surface area contributed by atoms with Crippen LogP contribution in [0.2, 0.25) is 0 Å². The van der Waals surface area contributed by atoms with E-state index in [0.29, 0.717) is 0 Å². The second-order valence-electron chi connectivity index (χ2n) is 6.00. The molecule has 0 spiro atoms. The maximum atomic E-state index is 3.51. The lowest BCUT2D eigenvalue weighted by atomic mass is 9.92. The van der Waals surface area contributed by atoms with Gasteiger partial charge in [-0.3, -0.25) is 0 Å². The fourth-order valence-corrected chi connectivity index (χ4v) is 3.00. The fraction of sp³-hybridized carbons (Fsp3) is 0.625. The second kappa shape index (κ2) is 6.24. The van der Waals surface area contributed by atoms with E-state index in [9.17, 15) is 0 Å². The van der Waals surface area contributed by atoms with Gasteiger partial charge >= 0.3 is 0 Å². The molecule has 1 N–H and O–H groups in total. The van der Waals surface area contributed by atoms with Gasteiger partial charge in [-0.2, -0.15) is 0 Å². The SMILES string of the molecule is Cc1ccc(NCCN2CC(C)CC(C)C2)cc1. The summed E-state index contributed by atoms with van der Waals surface area (Å²) in [5.41, 5.74) is 2.55. The third kappa shape index (κ3) is 4.02. The van der Waals surface area contributed by atoms with Crippen LogP contribution in [0, 0.1) is 18.8 Å². The van der Waals surface area contributed by atoms with Crippen molar-refractivity contribution in [3.05, 3.63) is 29.8 Å². The molecule has 1 aromatic carbocycles. The molecule has 0 amide bonds. The molecule has 2 heteroatoms. The van der Waals surface area contributed by atoms with Crippen LogP contribution in [-0.2, 0) is 0 Å². The number of anilines is 1. The first-order chi connectivity index (χ1) is 8.63. The molecule has 2 nitrogen and oxygen atoms in total. The Morgan fingerprint density at radius 3 is 2.33 bits per heavy atom. The van der Waals surface area contributed by atoms with Crippen LogP contribution in [0.5, 0.6) is 0 Å². The van der Waals surface area contributed by atoms with Crippen molar-refractivity contribution in [1.29, 1.82) is 0 Å². The Bertz CT molecular complexity index is 348. The zero-order valence-electron chi connectivity index (χ0n) is 11.9. The van der Waals surface area contributed by atoms with E-state index in [0.717, 1.165) is 24.9 Å². The van der Waals surface area contributed by atoms with Crippen LogP contribution in [0.4, 0.5) is 5.69 Å². The van der Waals surface area contributed by atoms with Gasteiger partial charge in [-0.15, -0.1) is 0 Å². The number of piperidine rings is 1. The van der Waals surface area contributed by atoms with Gasteiger partial charge in [0.2, 0.25) is 0 Å². The van der Waals surface area contributed by atoms with E-state index in [2.05, 4.69) is 55.3 Å². The van der Waals surface area contributed by atoms with Crippen molar-refractivity contribution in [3.63, 3.8) is 0 Å². The minimum Gasteiger partial charge on any atom is -0.384 e. The maximum Gasteiger partial charge on any atom is 0.0340 e. The van der Waals surface area contributed by atoms with Crippen LogP contribution >= 0.6 is 0 Å². The highest BCUT2D eigenvalue weighted by atomic mass is 15.1. The Morgan fingerprint density at radius 1 is 1.11 bits per heavy atom. The molecule has 2 atom stereocenters. The van der Waals surface area contributed by atoms with E-state index in [4.69, 9.17) is 0 Å². The number of rotatable bonds is 4. The largest absolute Gasteiger partial charge is 0.384 e. The number of hydrogen-bond donors (Lipinski definition) is 1. The van der Waals surface area contributed by atoms with Crippen LogP contribution in [-0.4, -0.2) is 31.1 Å². The van der Waals surface area contributed by atoms with Crippen LogP contribution in [0.1, 0.15) is 25.8 Å². The molecule has 2 unspecified atom stereocenters. The minimum absolute atomic E-state index is 0.855. The van der Waals surface area contributed by atoms with Crippen molar-refractivity contribution >= 4 is 5.69 Å². The molecule has 2 rings (SSSR count). The molecule has 1 aliphatic rings. The lowest BCUT2D eigenvalue weighted by Crippen LogP contribution is -2.41. The Hall–Kier alpha value is -1.02. The molecular weight excluding hydrogens is 220 g/mol. The Morgan fingerprint density at radius 2 is 1.72 bits per heavy atom. The predicted molar refractivity (Wildman–Crippen MR) is 79.1 cm³/mol. The highest BCUT2D eigenvalue weighted by molar-refractivity contribution is 5.44. The van der Waals surface area contributed by atoms with Crippen molar-refractivity contribution in [2.24, 2.45) is 11.8 Å². The van der Waals surface area contributed by atoms with Crippen LogP contribution in [0.25, 0.3) is 0 Å². The molecule has 1 saturated heterocycles. The van der Waals surface area contributed by atoms with Crippen molar-refractivity contribution in [2.45, 2.75) is 27.2 Å². The molecule has 1 aromatic rings. The number of nitrogens with zero attached hydrogens (tertiary/aromatic N) is 1. The Balaban J connectivity index is 1.73. The van der Waals surface area contributed by atoms with Crippen molar-refractivity contribution in [1.82, 2.24) is 4.90 Å². The van der Waals surface area contributed by atoms with Gasteiger partial charge in [0.1, 0.15) is 0 Å². The van der Waals surface area contributed by atoms with Gasteiger partial charge in [-0.25, -0.2) is 0 Å². The number of nitrogens with one attached hydrogen (secondary N) is 1. The number of benzene rings is 1. The van der Waals surface area contributed by atoms with Crippen LogP contribution in [0.3, 0.4) is 0 Å². The standard InChI is InChI=1S/C16H26N2/c1-13-4-6-16(7-5-13)17-8-9-18-11-14(2)10-15(3)12-18/h4-7,14-15,17H,8-12H2,1-3H3. The maximum absolute atomic E-state index is 3.51. The zero-order chi connectivity index (χ0) is 13.0. The average Bonchev–Trinajstić information content (AvgIpc) is 2.30. The summed E-state index contributed by atoms with van der Waals surface area (Å²) in [7, 11) is 0. The number of likely N-dealkylation sites (tertiary alicyclic amines) is 1. The minimum atomic E-state index is 0.855. The lowest BCUT2D eigenvalue weighted by Gasteiger charge is -2.35. The van der Waals surface area contributed by atoms with E-state index in [1.165, 1.54) is 30.8 Å². The monoisotopic (exact) mass is 246 g/mol. The van der Waals surface area contributed by atoms with Crippen molar-refractivity contribution < 1.29 is 0 Å². The molecule has 0 saturated carbocycles. The van der Waals surface area contributed by atoms with Crippen LogP contribution < -0.4 is 5.32 Å². The van der Waals surface area contributed by atoms with Crippen molar-refractivity contribution in [2.75, 3.05) is 31.5 Å². The van der Waals surface area contributed by atoms with Gasteiger partial charge in [-0.05, 0) is 37.3 Å². The summed E-state index contributed by atoms with van der Waals surface area (Å²) < 4.78 is 0. The second-order valence-corrected chi connectivity index (χ2v) is 6.00. The lowest BCUT2D eigenvalue weighted by molar-refractivity contribution is 0.146. The summed E-state index contributed by atoms with van der Waals surface area (Å²) in [6.07, 6.45) is 1.39. The van der Waals surface area contributed by atoms with Gasteiger partial charge < -0.3 is 10.2 Å². The molecule has 1 heterocycles. The van der Waals surface area contributed by atoms with Gasteiger partial charge in [0.25, 0.3) is 0 Å². The predicted octanol–water partition coefficient (Wildman–Crippen LogP) is 3.38. The zero-order valence-corrected chi connectivity index (χ0v) is 11.9. The smallest absolute Gasteiger partial charge is 0.0340 e. The molecule has 100 valence electrons. The van der Waals surface area contributed by atoms with E-state index in [-0.39, 0.29) is 0 Å². The summed E-state index contributed by atoms with van der Waals surface area (Å²) in [6.45, 7) is 11.6. The molecule has 1 aliphatic heterocycles. The van der Waals surface area contributed by atoms with Crippen molar-refractivity contribution in [3.8, 4) is 0 Å². The topological polar surface area (TPSA) is 15.3 Å². The van der Waals surface area contributed by atoms with E-state index in [1.54, 1.807) is 0 Å². The molecule has 0 bridgehead atoms. The Kier molecular flexibility index (Phi) is 4.65. The molecule has 18 heavy (non-hydrogen) atoms. The van der Waals surface area contributed by atoms with E-state index >= 15 is 0 Å². The number of hydrogen-bond acceptors (Lipinski definition) is 2. The highest BCUT2D eigenvalue weighted by Crippen LogP contribution is 2.20. The van der Waals surface area contributed by atoms with E-state index < -0.39 is 0 Å². The van der Waals surface area contributed by atoms with Gasteiger partial charge in [-0.1, -0.05) is 31.5 Å². The molecule has 1 fully saturated rings. The first-order valence-electron chi connectivity index (χ1n) is 7.16. The molecular formula is C16H26N2. The third-order valence-electron chi connectivity index (χ3n) is 3.75. The highest BCUT2D eigenvalue weighted by Gasteiger charge is 2.20. The van der Waals surface area contributed by atoms with Gasteiger partial charge in [0, 0.05) is 31.9 Å². The average molecular weight is 246 g/mol. The molecule has 0 radical (unpaired) electrons. The fourth-order valence-electron chi connectivity index (χ4n) is 3.00. The van der Waals surface area contributed by atoms with E-state index in [1.807, 2.05) is 0 Å². The summed E-state index contributed by atoms with van der Waals surface area (Å²) in [6, 6.07) is 8.65. The van der Waals surface area contributed by atoms with Gasteiger partial charge in [0.05, 0.1) is 0 Å². The third-order valence-corrected chi connectivity index (χ3v) is 3.75. The summed E-state index contributed by atoms with van der Waals surface area (Å²) in [5.74, 6) is 1.71. The number of aryl methyl sites for hydroxylation is 1. The Labute approximate surface area is 111 Å². The summed E-state index contributed by atoms with van der Waals surface area (Å²) in [5, 5.41) is 3.51. The first-order valence-corrected chi connectivity index (χ1v) is 7.16. The summed E-state index contributed by atoms with van der Waals surface area (Å²) >= 11 is 0. The quantitative estimate of drug-likeness (QED) is 0.876. The summed E-state index contributed by atoms with van der Waals surface area (Å²) in [4.78, 5) is 2.60.